The van der Waals surface area contributed by atoms with Gasteiger partial charge in [0.05, 0.1) is 5.56 Å². The average molecular weight is 399 g/mol. The summed E-state index contributed by atoms with van der Waals surface area (Å²) in [6.45, 7) is 1.77. The van der Waals surface area contributed by atoms with Gasteiger partial charge in [-0.3, -0.25) is 9.59 Å². The lowest BCUT2D eigenvalue weighted by Crippen LogP contribution is -2.50. The molecule has 130 valence electrons. The number of hydrogen-bond acceptors (Lipinski definition) is 3. The Kier molecular flexibility index (Phi) is 5.47. The number of nitrogens with zero attached hydrogens (tertiary/aromatic N) is 3. The van der Waals surface area contributed by atoms with Gasteiger partial charge in [-0.1, -0.05) is 34.8 Å². The van der Waals surface area contributed by atoms with Crippen molar-refractivity contribution in [1.29, 1.82) is 0 Å². The monoisotopic (exact) mass is 397 g/mol. The molecule has 1 aliphatic rings. The van der Waals surface area contributed by atoms with Crippen LogP contribution in [0.1, 0.15) is 20.7 Å². The third-order valence-corrected chi connectivity index (χ3v) is 4.60. The second kappa shape index (κ2) is 7.60. The minimum absolute atomic E-state index is 0.123. The van der Waals surface area contributed by atoms with Crippen LogP contribution in [0.15, 0.2) is 36.5 Å². The highest BCUT2D eigenvalue weighted by Gasteiger charge is 2.26. The molecular formula is C17H14Cl3N3O2. The molecule has 1 saturated heterocycles. The van der Waals surface area contributed by atoms with Gasteiger partial charge in [-0.2, -0.15) is 0 Å². The molecule has 1 aromatic heterocycles. The summed E-state index contributed by atoms with van der Waals surface area (Å²) in [5.74, 6) is -0.272. The Balaban J connectivity index is 1.64. The number of piperazine rings is 1. The lowest BCUT2D eigenvalue weighted by atomic mass is 10.1. The van der Waals surface area contributed by atoms with Gasteiger partial charge in [-0.05, 0) is 30.3 Å². The molecule has 0 atom stereocenters. The molecular weight excluding hydrogens is 385 g/mol. The number of halogens is 3. The predicted octanol–water partition coefficient (Wildman–Crippen LogP) is 3.64. The Hall–Kier alpha value is -1.82. The summed E-state index contributed by atoms with van der Waals surface area (Å²) < 4.78 is 0. The summed E-state index contributed by atoms with van der Waals surface area (Å²) in [5.41, 5.74) is 0.921. The Morgan fingerprint density at radius 3 is 1.80 bits per heavy atom. The van der Waals surface area contributed by atoms with E-state index in [0.29, 0.717) is 52.5 Å². The van der Waals surface area contributed by atoms with Gasteiger partial charge in [0.1, 0.15) is 5.15 Å². The maximum absolute atomic E-state index is 12.6. The highest BCUT2D eigenvalue weighted by atomic mass is 35.5. The van der Waals surface area contributed by atoms with E-state index in [1.54, 1.807) is 40.1 Å². The van der Waals surface area contributed by atoms with Crippen molar-refractivity contribution in [3.8, 4) is 0 Å². The molecule has 0 N–H and O–H groups in total. The minimum Gasteiger partial charge on any atom is -0.335 e. The quantitative estimate of drug-likeness (QED) is 0.726. The van der Waals surface area contributed by atoms with Crippen molar-refractivity contribution < 1.29 is 9.59 Å². The number of benzene rings is 1. The third-order valence-electron chi connectivity index (χ3n) is 3.94. The summed E-state index contributed by atoms with van der Waals surface area (Å²) in [5, 5.41) is 1.17. The van der Waals surface area contributed by atoms with E-state index in [4.69, 9.17) is 34.8 Å². The van der Waals surface area contributed by atoms with E-state index in [9.17, 15) is 9.59 Å². The van der Waals surface area contributed by atoms with Crippen LogP contribution in [0.4, 0.5) is 0 Å². The summed E-state index contributed by atoms with van der Waals surface area (Å²) in [6, 6.07) is 7.98. The Labute approximate surface area is 160 Å². The Bertz CT molecular complexity index is 783. The van der Waals surface area contributed by atoms with Crippen LogP contribution in [0.5, 0.6) is 0 Å². The van der Waals surface area contributed by atoms with E-state index in [2.05, 4.69) is 4.98 Å². The molecule has 8 heteroatoms. The van der Waals surface area contributed by atoms with Gasteiger partial charge in [0.2, 0.25) is 0 Å². The Morgan fingerprint density at radius 2 is 1.32 bits per heavy atom. The SMILES string of the molecule is O=C(c1ccc(Cl)nc1)N1CCN(C(=O)c2cc(Cl)cc(Cl)c2)CC1. The zero-order valence-electron chi connectivity index (χ0n) is 13.1. The van der Waals surface area contributed by atoms with Crippen molar-refractivity contribution in [1.82, 2.24) is 14.8 Å². The zero-order valence-corrected chi connectivity index (χ0v) is 15.4. The van der Waals surface area contributed by atoms with E-state index in [-0.39, 0.29) is 11.8 Å². The lowest BCUT2D eigenvalue weighted by Gasteiger charge is -2.34. The molecule has 2 heterocycles. The molecule has 0 bridgehead atoms. The molecule has 1 aromatic carbocycles. The molecule has 0 radical (unpaired) electrons. The second-order valence-corrected chi connectivity index (χ2v) is 6.87. The fourth-order valence-corrected chi connectivity index (χ4v) is 3.30. The standard InChI is InChI=1S/C17H14Cl3N3O2/c18-13-7-12(8-14(19)9-13)17(25)23-5-3-22(4-6-23)16(24)11-1-2-15(20)21-10-11/h1-2,7-10H,3-6H2. The molecule has 25 heavy (non-hydrogen) atoms. The van der Waals surface area contributed by atoms with Crippen molar-refractivity contribution >= 4 is 46.6 Å². The maximum atomic E-state index is 12.6. The summed E-state index contributed by atoms with van der Waals surface area (Å²) >= 11 is 17.6. The molecule has 0 spiro atoms. The highest BCUT2D eigenvalue weighted by Crippen LogP contribution is 2.21. The van der Waals surface area contributed by atoms with Gasteiger partial charge in [0.25, 0.3) is 11.8 Å². The number of aromatic nitrogens is 1. The fourth-order valence-electron chi connectivity index (χ4n) is 2.66. The normalized spacial score (nSPS) is 14.5. The summed E-state index contributed by atoms with van der Waals surface area (Å²) in [7, 11) is 0. The average Bonchev–Trinajstić information content (AvgIpc) is 2.60. The van der Waals surface area contributed by atoms with Crippen LogP contribution in [0.2, 0.25) is 15.2 Å². The second-order valence-electron chi connectivity index (χ2n) is 5.61. The summed E-state index contributed by atoms with van der Waals surface area (Å²) in [4.78, 5) is 32.3. The predicted molar refractivity (Wildman–Crippen MR) is 97.5 cm³/mol. The van der Waals surface area contributed by atoms with E-state index >= 15 is 0 Å². The van der Waals surface area contributed by atoms with Crippen LogP contribution in [0, 0.1) is 0 Å². The van der Waals surface area contributed by atoms with Crippen molar-refractivity contribution in [2.45, 2.75) is 0 Å². The van der Waals surface area contributed by atoms with Gasteiger partial charge in [0, 0.05) is 48.0 Å². The molecule has 0 aliphatic carbocycles. The van der Waals surface area contributed by atoms with Crippen molar-refractivity contribution in [2.24, 2.45) is 0 Å². The lowest BCUT2D eigenvalue weighted by molar-refractivity contribution is 0.0535. The molecule has 0 unspecified atom stereocenters. The van der Waals surface area contributed by atoms with Gasteiger partial charge >= 0.3 is 0 Å². The first kappa shape index (κ1) is 18.0. The van der Waals surface area contributed by atoms with E-state index in [1.165, 1.54) is 6.20 Å². The number of rotatable bonds is 2. The molecule has 2 amide bonds. The van der Waals surface area contributed by atoms with E-state index in [1.807, 2.05) is 0 Å². The van der Waals surface area contributed by atoms with E-state index < -0.39 is 0 Å². The molecule has 0 saturated carbocycles. The van der Waals surface area contributed by atoms with Crippen LogP contribution in [0.25, 0.3) is 0 Å². The first-order valence-electron chi connectivity index (χ1n) is 7.60. The van der Waals surface area contributed by atoms with Crippen LogP contribution in [0.3, 0.4) is 0 Å². The highest BCUT2D eigenvalue weighted by molar-refractivity contribution is 6.35. The first-order chi connectivity index (χ1) is 11.9. The van der Waals surface area contributed by atoms with Gasteiger partial charge in [0.15, 0.2) is 0 Å². The van der Waals surface area contributed by atoms with Crippen LogP contribution in [-0.4, -0.2) is 52.8 Å². The smallest absolute Gasteiger partial charge is 0.255 e. The van der Waals surface area contributed by atoms with Gasteiger partial charge in [-0.25, -0.2) is 4.98 Å². The van der Waals surface area contributed by atoms with Gasteiger partial charge in [-0.15, -0.1) is 0 Å². The molecule has 1 fully saturated rings. The van der Waals surface area contributed by atoms with Crippen molar-refractivity contribution in [3.63, 3.8) is 0 Å². The van der Waals surface area contributed by atoms with Crippen LogP contribution < -0.4 is 0 Å². The third kappa shape index (κ3) is 4.24. The molecule has 3 rings (SSSR count). The first-order valence-corrected chi connectivity index (χ1v) is 8.73. The number of pyridine rings is 1. The van der Waals surface area contributed by atoms with Crippen LogP contribution >= 0.6 is 34.8 Å². The Morgan fingerprint density at radius 1 is 0.800 bits per heavy atom. The number of amides is 2. The minimum atomic E-state index is -0.148. The van der Waals surface area contributed by atoms with Crippen molar-refractivity contribution in [3.05, 3.63) is 62.9 Å². The zero-order chi connectivity index (χ0) is 18.0. The molecule has 5 nitrogen and oxygen atoms in total. The number of hydrogen-bond donors (Lipinski definition) is 0. The van der Waals surface area contributed by atoms with Gasteiger partial charge < -0.3 is 9.80 Å². The van der Waals surface area contributed by atoms with E-state index in [0.717, 1.165) is 0 Å². The maximum Gasteiger partial charge on any atom is 0.255 e. The topological polar surface area (TPSA) is 53.5 Å². The summed E-state index contributed by atoms with van der Waals surface area (Å²) in [6.07, 6.45) is 1.45. The van der Waals surface area contributed by atoms with Crippen LogP contribution in [-0.2, 0) is 0 Å². The molecule has 1 aliphatic heterocycles. The largest absolute Gasteiger partial charge is 0.335 e. The molecule has 2 aromatic rings. The fraction of sp³-hybridized carbons (Fsp3) is 0.235. The van der Waals surface area contributed by atoms with Crippen molar-refractivity contribution in [2.75, 3.05) is 26.2 Å². The number of carbonyl (C=O) groups excluding carboxylic acids is 2. The number of carbonyl (C=O) groups is 2.